The van der Waals surface area contributed by atoms with Gasteiger partial charge in [0, 0.05) is 10.7 Å². The van der Waals surface area contributed by atoms with Gasteiger partial charge in [-0.05, 0) is 42.3 Å². The molecule has 0 aliphatic carbocycles. The minimum absolute atomic E-state index is 0.0159. The van der Waals surface area contributed by atoms with Crippen molar-refractivity contribution in [3.8, 4) is 0 Å². The minimum atomic E-state index is -0.627. The number of nitrogens with zero attached hydrogens (tertiary/aromatic N) is 1. The van der Waals surface area contributed by atoms with Crippen molar-refractivity contribution >= 4 is 27.8 Å². The molecule has 1 heterocycles. The molecule has 160 valence electrons. The number of benzene rings is 2. The van der Waals surface area contributed by atoms with Crippen LogP contribution in [0.25, 0.3) is 0 Å². The monoisotopic (exact) mass is 482 g/mol. The van der Waals surface area contributed by atoms with Gasteiger partial charge in [0.2, 0.25) is 0 Å². The number of pyridine rings is 1. The summed E-state index contributed by atoms with van der Waals surface area (Å²) in [5, 5.41) is 2.81. The summed E-state index contributed by atoms with van der Waals surface area (Å²) in [5.74, 6) is -1.00. The maximum Gasteiger partial charge on any atom is 0.307 e. The second-order valence-corrected chi connectivity index (χ2v) is 8.12. The molecule has 0 saturated carbocycles. The zero-order chi connectivity index (χ0) is 22.4. The van der Waals surface area contributed by atoms with Gasteiger partial charge in [0.25, 0.3) is 11.5 Å². The van der Waals surface area contributed by atoms with Gasteiger partial charge in [-0.3, -0.25) is 14.4 Å². The van der Waals surface area contributed by atoms with Crippen LogP contribution in [0.5, 0.6) is 0 Å². The molecular formula is C24H23BrN2O4. The van der Waals surface area contributed by atoms with Crippen LogP contribution in [0.1, 0.15) is 39.5 Å². The van der Waals surface area contributed by atoms with E-state index in [1.807, 2.05) is 43.3 Å². The number of halogens is 1. The number of aromatic nitrogens is 1. The van der Waals surface area contributed by atoms with Crippen molar-refractivity contribution < 1.29 is 14.3 Å². The Labute approximate surface area is 189 Å². The Morgan fingerprint density at radius 3 is 2.52 bits per heavy atom. The van der Waals surface area contributed by atoms with Gasteiger partial charge in [0.15, 0.2) is 0 Å². The Kier molecular flexibility index (Phi) is 7.41. The molecule has 0 fully saturated rings. The van der Waals surface area contributed by atoms with Crippen LogP contribution in [0.2, 0.25) is 0 Å². The van der Waals surface area contributed by atoms with Crippen LogP contribution < -0.4 is 10.9 Å². The molecule has 1 aromatic heterocycles. The van der Waals surface area contributed by atoms with Crippen molar-refractivity contribution in [2.24, 2.45) is 0 Å². The molecule has 0 aliphatic rings. The molecule has 7 heteroatoms. The van der Waals surface area contributed by atoms with E-state index in [1.165, 1.54) is 17.7 Å². The second kappa shape index (κ2) is 10.2. The van der Waals surface area contributed by atoms with Crippen molar-refractivity contribution in [1.29, 1.82) is 0 Å². The molecule has 1 amide bonds. The first-order chi connectivity index (χ1) is 14.9. The van der Waals surface area contributed by atoms with Gasteiger partial charge in [-0.1, -0.05) is 57.9 Å². The zero-order valence-corrected chi connectivity index (χ0v) is 18.9. The molecule has 1 unspecified atom stereocenters. The van der Waals surface area contributed by atoms with E-state index >= 15 is 0 Å². The lowest BCUT2D eigenvalue weighted by atomic mass is 10.0. The van der Waals surface area contributed by atoms with Crippen LogP contribution in [-0.2, 0) is 16.1 Å². The van der Waals surface area contributed by atoms with Crippen LogP contribution in [0.4, 0.5) is 0 Å². The molecule has 1 atom stereocenters. The minimum Gasteiger partial charge on any atom is -0.469 e. The summed E-state index contributed by atoms with van der Waals surface area (Å²) in [5.41, 5.74) is 2.42. The molecule has 2 aromatic carbocycles. The van der Waals surface area contributed by atoms with Crippen LogP contribution in [-0.4, -0.2) is 23.6 Å². The Balaban J connectivity index is 1.85. The first kappa shape index (κ1) is 22.5. The lowest BCUT2D eigenvalue weighted by molar-refractivity contribution is -0.141. The standard InChI is InChI=1S/C24H23BrN2O4/c1-16-5-3-6-17(13-16)15-27-12-4-7-20(24(27)30)23(29)26-21(14-22(28)31-2)18-8-10-19(25)11-9-18/h3-13,21H,14-15H2,1-2H3,(H,26,29). The fraction of sp³-hybridized carbons (Fsp3) is 0.208. The second-order valence-electron chi connectivity index (χ2n) is 7.20. The molecule has 3 aromatic rings. The number of ether oxygens (including phenoxy) is 1. The Morgan fingerprint density at radius 2 is 1.84 bits per heavy atom. The molecule has 0 bridgehead atoms. The van der Waals surface area contributed by atoms with Crippen molar-refractivity contribution in [3.05, 3.63) is 104 Å². The smallest absolute Gasteiger partial charge is 0.307 e. The summed E-state index contributed by atoms with van der Waals surface area (Å²) in [6.45, 7) is 2.35. The molecule has 31 heavy (non-hydrogen) atoms. The fourth-order valence-corrected chi connectivity index (χ4v) is 3.54. The fourth-order valence-electron chi connectivity index (χ4n) is 3.27. The van der Waals surface area contributed by atoms with Crippen LogP contribution in [0.3, 0.4) is 0 Å². The van der Waals surface area contributed by atoms with E-state index in [0.717, 1.165) is 21.2 Å². The van der Waals surface area contributed by atoms with Crippen LogP contribution in [0, 0.1) is 6.92 Å². The van der Waals surface area contributed by atoms with Crippen molar-refractivity contribution in [2.75, 3.05) is 7.11 Å². The number of aryl methyl sites for hydroxylation is 1. The van der Waals surface area contributed by atoms with E-state index in [-0.39, 0.29) is 12.0 Å². The topological polar surface area (TPSA) is 77.4 Å². The van der Waals surface area contributed by atoms with Gasteiger partial charge < -0.3 is 14.6 Å². The van der Waals surface area contributed by atoms with Crippen LogP contribution >= 0.6 is 15.9 Å². The van der Waals surface area contributed by atoms with Crippen molar-refractivity contribution in [1.82, 2.24) is 9.88 Å². The summed E-state index contributed by atoms with van der Waals surface area (Å²) < 4.78 is 7.14. The first-order valence-electron chi connectivity index (χ1n) is 9.75. The van der Waals surface area contributed by atoms with E-state index in [2.05, 4.69) is 21.2 Å². The molecule has 0 radical (unpaired) electrons. The highest BCUT2D eigenvalue weighted by atomic mass is 79.9. The third-order valence-electron chi connectivity index (χ3n) is 4.88. The summed E-state index contributed by atoms with van der Waals surface area (Å²) in [4.78, 5) is 37.8. The highest BCUT2D eigenvalue weighted by molar-refractivity contribution is 9.10. The van der Waals surface area contributed by atoms with Crippen LogP contribution in [0.15, 0.2) is 76.1 Å². The van der Waals surface area contributed by atoms with Gasteiger partial charge in [0.05, 0.1) is 26.1 Å². The predicted molar refractivity (Wildman–Crippen MR) is 122 cm³/mol. The predicted octanol–water partition coefficient (Wildman–Crippen LogP) is 4.00. The Morgan fingerprint density at radius 1 is 1.10 bits per heavy atom. The first-order valence-corrected chi connectivity index (χ1v) is 10.5. The van der Waals surface area contributed by atoms with Gasteiger partial charge in [-0.25, -0.2) is 0 Å². The average Bonchev–Trinajstić information content (AvgIpc) is 2.75. The van der Waals surface area contributed by atoms with E-state index in [9.17, 15) is 14.4 Å². The number of carbonyl (C=O) groups is 2. The Hall–Kier alpha value is -3.19. The molecule has 0 saturated heterocycles. The normalized spacial score (nSPS) is 11.6. The van der Waals surface area contributed by atoms with Gasteiger partial charge in [-0.2, -0.15) is 0 Å². The summed E-state index contributed by atoms with van der Waals surface area (Å²) in [6, 6.07) is 17.6. The SMILES string of the molecule is COC(=O)CC(NC(=O)c1cccn(Cc2cccc(C)c2)c1=O)c1ccc(Br)cc1. The van der Waals surface area contributed by atoms with E-state index in [4.69, 9.17) is 4.74 Å². The number of nitrogens with one attached hydrogen (secondary N) is 1. The van der Waals surface area contributed by atoms with Gasteiger partial charge in [-0.15, -0.1) is 0 Å². The maximum atomic E-state index is 13.0. The molecule has 3 rings (SSSR count). The number of rotatable bonds is 7. The molecule has 0 aliphatic heterocycles. The summed E-state index contributed by atoms with van der Waals surface area (Å²) in [7, 11) is 1.30. The van der Waals surface area contributed by atoms with E-state index in [0.29, 0.717) is 6.54 Å². The quantitative estimate of drug-likeness (QED) is 0.516. The van der Waals surface area contributed by atoms with Crippen molar-refractivity contribution in [2.45, 2.75) is 25.9 Å². The zero-order valence-electron chi connectivity index (χ0n) is 17.3. The van der Waals surface area contributed by atoms with E-state index in [1.54, 1.807) is 24.4 Å². The van der Waals surface area contributed by atoms with E-state index < -0.39 is 23.5 Å². The number of methoxy groups -OCH3 is 1. The third kappa shape index (κ3) is 5.92. The van der Waals surface area contributed by atoms with Gasteiger partial charge >= 0.3 is 5.97 Å². The largest absolute Gasteiger partial charge is 0.469 e. The lowest BCUT2D eigenvalue weighted by Crippen LogP contribution is -2.36. The molecule has 6 nitrogen and oxygen atoms in total. The maximum absolute atomic E-state index is 13.0. The molecule has 1 N–H and O–H groups in total. The lowest BCUT2D eigenvalue weighted by Gasteiger charge is -2.18. The molecular weight excluding hydrogens is 460 g/mol. The van der Waals surface area contributed by atoms with Crippen molar-refractivity contribution in [3.63, 3.8) is 0 Å². The Bertz CT molecular complexity index is 1140. The summed E-state index contributed by atoms with van der Waals surface area (Å²) in [6.07, 6.45) is 1.61. The number of hydrogen-bond donors (Lipinski definition) is 1. The number of carbonyl (C=O) groups excluding carboxylic acids is 2. The average molecular weight is 483 g/mol. The number of hydrogen-bond acceptors (Lipinski definition) is 4. The third-order valence-corrected chi connectivity index (χ3v) is 5.41. The molecule has 0 spiro atoms. The highest BCUT2D eigenvalue weighted by Gasteiger charge is 2.21. The number of amides is 1. The number of esters is 1. The highest BCUT2D eigenvalue weighted by Crippen LogP contribution is 2.20. The summed E-state index contributed by atoms with van der Waals surface area (Å²) >= 11 is 3.37. The van der Waals surface area contributed by atoms with Gasteiger partial charge in [0.1, 0.15) is 5.56 Å².